The van der Waals surface area contributed by atoms with E-state index in [1.165, 1.54) is 5.69 Å². The molecule has 2 aromatic heterocycles. The van der Waals surface area contributed by atoms with E-state index in [4.69, 9.17) is 5.73 Å². The van der Waals surface area contributed by atoms with E-state index in [-0.39, 0.29) is 35.8 Å². The molecule has 3 aromatic rings. The molecule has 8 heteroatoms. The molecule has 1 aromatic carbocycles. The number of benzene rings is 1. The number of pyridine rings is 1. The molecule has 0 unspecified atom stereocenters. The predicted molar refractivity (Wildman–Crippen MR) is 120 cm³/mol. The van der Waals surface area contributed by atoms with Crippen LogP contribution in [0.25, 0.3) is 17.0 Å². The molecule has 0 radical (unpaired) electrons. The number of hydrogen-bond donors (Lipinski definition) is 1. The van der Waals surface area contributed by atoms with Gasteiger partial charge in [-0.25, -0.2) is 0 Å². The molecule has 1 aliphatic heterocycles. The molecule has 4 rings (SSSR count). The van der Waals surface area contributed by atoms with Crippen molar-refractivity contribution in [1.82, 2.24) is 15.2 Å². The third-order valence-electron chi connectivity index (χ3n) is 5.45. The largest absolute Gasteiger partial charge is 1.00 e. The second-order valence-electron chi connectivity index (χ2n) is 8.60. The van der Waals surface area contributed by atoms with Crippen LogP contribution in [0.2, 0.25) is 0 Å². The Morgan fingerprint density at radius 2 is 1.61 bits per heavy atom. The summed E-state index contributed by atoms with van der Waals surface area (Å²) in [4.78, 5) is 9.05. The average Bonchev–Trinajstić information content (AvgIpc) is 2.74. The Kier molecular flexibility index (Phi) is 6.78. The molecule has 156 valence electrons. The van der Waals surface area contributed by atoms with E-state index in [0.29, 0.717) is 11.3 Å². The summed E-state index contributed by atoms with van der Waals surface area (Å²) >= 11 is 0. The van der Waals surface area contributed by atoms with Gasteiger partial charge in [-0.1, -0.05) is 32.9 Å². The summed E-state index contributed by atoms with van der Waals surface area (Å²) in [5.74, 6) is 0.314. The van der Waals surface area contributed by atoms with Crippen molar-refractivity contribution in [2.24, 2.45) is 0 Å². The van der Waals surface area contributed by atoms with Gasteiger partial charge in [0, 0.05) is 60.4 Å². The van der Waals surface area contributed by atoms with Gasteiger partial charge in [-0.15, -0.1) is 0 Å². The molecule has 3 heterocycles. The summed E-state index contributed by atoms with van der Waals surface area (Å²) in [5, 5.41) is 18.3. The quantitative estimate of drug-likeness (QED) is 0.659. The Morgan fingerprint density at radius 3 is 2.29 bits per heavy atom. The minimum Gasteiger partial charge on any atom is -0.507 e. The Bertz CT molecular complexity index is 1040. The minimum absolute atomic E-state index is 0. The molecule has 7 nitrogen and oxygen atoms in total. The van der Waals surface area contributed by atoms with E-state index in [1.54, 1.807) is 18.2 Å². The Labute approximate surface area is 195 Å². The molecule has 0 aliphatic carbocycles. The molecule has 1 aliphatic rings. The van der Waals surface area contributed by atoms with Crippen LogP contribution in [-0.4, -0.2) is 46.5 Å². The van der Waals surface area contributed by atoms with E-state index in [9.17, 15) is 5.11 Å². The summed E-state index contributed by atoms with van der Waals surface area (Å²) in [6.07, 6.45) is 1.88. The van der Waals surface area contributed by atoms with Gasteiger partial charge in [-0.2, -0.15) is 0 Å². The smallest absolute Gasteiger partial charge is 0.507 e. The number of nitrogens with zero attached hydrogens (tertiary/aromatic N) is 5. The van der Waals surface area contributed by atoms with E-state index in [2.05, 4.69) is 57.9 Å². The number of piperazine rings is 1. The molecular formula is C23H27LiN6O. The van der Waals surface area contributed by atoms with Crippen LogP contribution in [0.5, 0.6) is 5.75 Å². The van der Waals surface area contributed by atoms with E-state index < -0.39 is 0 Å². The monoisotopic (exact) mass is 410 g/mol. The van der Waals surface area contributed by atoms with Crippen molar-refractivity contribution in [1.29, 1.82) is 0 Å². The van der Waals surface area contributed by atoms with Gasteiger partial charge in [0.25, 0.3) is 0 Å². The van der Waals surface area contributed by atoms with Crippen LogP contribution in [0.4, 0.5) is 17.2 Å². The first-order valence-electron chi connectivity index (χ1n) is 10.2. The Balaban J connectivity index is 0.00000272. The zero-order valence-electron chi connectivity index (χ0n) is 18.6. The normalized spacial score (nSPS) is 14.3. The van der Waals surface area contributed by atoms with E-state index in [1.807, 2.05) is 18.3 Å². The van der Waals surface area contributed by atoms with Crippen molar-refractivity contribution in [3.8, 4) is 17.0 Å². The fourth-order valence-electron chi connectivity index (χ4n) is 3.68. The maximum atomic E-state index is 10.1. The molecule has 2 N–H and O–H groups in total. The standard InChI is InChI=1S/C23H27N6O.Li/c1-23(2,3)21-14-16(8-9-25-21)28-10-12-29(13-11-28)19-15-18(26-27-22(19)24)17-6-4-5-7-20(17)30;/h4-9,14-15H,10-13H2,1-3H3,(H2-,24,26,27,30);/q-1;+1. The topological polar surface area (TPSA) is 89.2 Å². The first-order valence-corrected chi connectivity index (χ1v) is 10.2. The molecule has 0 atom stereocenters. The first kappa shape index (κ1) is 22.9. The zero-order valence-corrected chi connectivity index (χ0v) is 18.6. The third-order valence-corrected chi connectivity index (χ3v) is 5.45. The van der Waals surface area contributed by atoms with Crippen molar-refractivity contribution in [3.63, 3.8) is 0 Å². The molecular weight excluding hydrogens is 383 g/mol. The average molecular weight is 410 g/mol. The van der Waals surface area contributed by atoms with Crippen LogP contribution in [0.15, 0.2) is 48.7 Å². The maximum absolute atomic E-state index is 10.1. The summed E-state index contributed by atoms with van der Waals surface area (Å²) in [6, 6.07) is 13.1. The van der Waals surface area contributed by atoms with Crippen molar-refractivity contribution < 1.29 is 24.0 Å². The molecule has 0 amide bonds. The van der Waals surface area contributed by atoms with Gasteiger partial charge in [-0.05, 0) is 36.1 Å². The van der Waals surface area contributed by atoms with Gasteiger partial charge >= 0.3 is 18.9 Å². The molecule has 31 heavy (non-hydrogen) atoms. The fourth-order valence-corrected chi connectivity index (χ4v) is 3.68. The SMILES string of the molecule is CC(C)(C)c1cc(N2CCN(c3cc(-c4ccccc4O)nnc3[NH-])CC2)ccn1.[Li+]. The predicted octanol–water partition coefficient (Wildman–Crippen LogP) is 1.56. The Hall–Kier alpha value is -2.75. The van der Waals surface area contributed by atoms with Gasteiger partial charge < -0.3 is 25.7 Å². The number of phenols is 1. The van der Waals surface area contributed by atoms with Gasteiger partial charge in [0.15, 0.2) is 0 Å². The number of aromatic hydroxyl groups is 1. The summed E-state index contributed by atoms with van der Waals surface area (Å²) in [5.41, 5.74) is 12.5. The molecule has 1 fully saturated rings. The summed E-state index contributed by atoms with van der Waals surface area (Å²) in [7, 11) is 0. The zero-order chi connectivity index (χ0) is 21.3. The van der Waals surface area contributed by atoms with Crippen molar-refractivity contribution >= 4 is 17.2 Å². The van der Waals surface area contributed by atoms with Gasteiger partial charge in [-0.3, -0.25) is 10.1 Å². The molecule has 0 bridgehead atoms. The van der Waals surface area contributed by atoms with E-state index in [0.717, 1.165) is 37.6 Å². The molecule has 0 saturated carbocycles. The molecule has 1 saturated heterocycles. The second-order valence-corrected chi connectivity index (χ2v) is 8.60. The number of rotatable bonds is 3. The van der Waals surface area contributed by atoms with Crippen molar-refractivity contribution in [2.45, 2.75) is 26.2 Å². The van der Waals surface area contributed by atoms with Crippen molar-refractivity contribution in [3.05, 3.63) is 60.1 Å². The van der Waals surface area contributed by atoms with Gasteiger partial charge in [0.2, 0.25) is 0 Å². The van der Waals surface area contributed by atoms with Crippen LogP contribution in [0, 0.1) is 0 Å². The second kappa shape index (κ2) is 9.17. The minimum atomic E-state index is 0. The summed E-state index contributed by atoms with van der Waals surface area (Å²) in [6.45, 7) is 9.78. The Morgan fingerprint density at radius 1 is 0.935 bits per heavy atom. The van der Waals surface area contributed by atoms with Crippen LogP contribution < -0.4 is 28.7 Å². The number of hydrogen-bond acceptors (Lipinski definition) is 6. The van der Waals surface area contributed by atoms with Crippen LogP contribution >= 0.6 is 0 Å². The maximum Gasteiger partial charge on any atom is 1.00 e. The first-order chi connectivity index (χ1) is 14.3. The van der Waals surface area contributed by atoms with Crippen LogP contribution in [0.1, 0.15) is 26.5 Å². The number of aromatic nitrogens is 3. The fraction of sp³-hybridized carbons (Fsp3) is 0.348. The number of nitrogens with one attached hydrogen (secondary N) is 1. The van der Waals surface area contributed by atoms with Crippen LogP contribution in [0.3, 0.4) is 0 Å². The van der Waals surface area contributed by atoms with E-state index >= 15 is 0 Å². The molecule has 0 spiro atoms. The number of para-hydroxylation sites is 1. The van der Waals surface area contributed by atoms with Gasteiger partial charge in [0.1, 0.15) is 5.75 Å². The van der Waals surface area contributed by atoms with Crippen LogP contribution in [-0.2, 0) is 5.41 Å². The van der Waals surface area contributed by atoms with Crippen molar-refractivity contribution in [2.75, 3.05) is 36.0 Å². The summed E-state index contributed by atoms with van der Waals surface area (Å²) < 4.78 is 0. The third kappa shape index (κ3) is 4.95. The number of phenolic OH excluding ortho intramolecular Hbond substituents is 1. The van der Waals surface area contributed by atoms with Gasteiger partial charge in [0.05, 0.1) is 5.69 Å². The number of anilines is 2.